The molecule has 1 saturated heterocycles. The lowest BCUT2D eigenvalue weighted by molar-refractivity contribution is 0.0756. The highest BCUT2D eigenvalue weighted by atomic mass is 35.5. The highest BCUT2D eigenvalue weighted by Gasteiger charge is 2.18. The van der Waals surface area contributed by atoms with Gasteiger partial charge >= 0.3 is 0 Å². The number of rotatable bonds is 3. The van der Waals surface area contributed by atoms with Crippen LogP contribution in [0.15, 0.2) is 36.5 Å². The number of pyridine rings is 1. The number of anilines is 2. The zero-order valence-corrected chi connectivity index (χ0v) is 14.8. The number of hydrogen-bond donors (Lipinski definition) is 1. The van der Waals surface area contributed by atoms with Crippen LogP contribution in [0.2, 0.25) is 10.0 Å². The highest BCUT2D eigenvalue weighted by molar-refractivity contribution is 6.43. The summed E-state index contributed by atoms with van der Waals surface area (Å²) in [7, 11) is 0. The van der Waals surface area contributed by atoms with Crippen LogP contribution in [-0.4, -0.2) is 28.9 Å². The molecule has 2 heterocycles. The Morgan fingerprint density at radius 3 is 2.46 bits per heavy atom. The number of hydrogen-bond acceptors (Lipinski definition) is 3. The molecule has 1 aromatic heterocycles. The molecule has 126 valence electrons. The van der Waals surface area contributed by atoms with E-state index in [0.717, 1.165) is 31.6 Å². The van der Waals surface area contributed by atoms with E-state index < -0.39 is 0 Å². The number of carbonyl (C=O) groups excluding carboxylic acids is 1. The summed E-state index contributed by atoms with van der Waals surface area (Å²) in [4.78, 5) is 18.7. The second kappa shape index (κ2) is 7.86. The Morgan fingerprint density at radius 2 is 1.79 bits per heavy atom. The van der Waals surface area contributed by atoms with Crippen molar-refractivity contribution in [3.8, 4) is 0 Å². The molecule has 0 aliphatic carbocycles. The average molecular weight is 364 g/mol. The van der Waals surface area contributed by atoms with Crippen LogP contribution in [0.1, 0.15) is 36.2 Å². The molecule has 1 aliphatic heterocycles. The van der Waals surface area contributed by atoms with E-state index in [1.165, 1.54) is 12.8 Å². The standard InChI is InChI=1S/C18H19Cl2N3O/c19-14-6-5-7-15(17(14)20)22-13-8-9-16(21-12-13)18(24)23-10-3-1-2-4-11-23/h5-9,12,22H,1-4,10-11H2. The van der Waals surface area contributed by atoms with Crippen molar-refractivity contribution in [2.24, 2.45) is 0 Å². The van der Waals surface area contributed by atoms with Crippen LogP contribution in [0.3, 0.4) is 0 Å². The van der Waals surface area contributed by atoms with Gasteiger partial charge in [-0.15, -0.1) is 0 Å². The molecule has 3 rings (SSSR count). The summed E-state index contributed by atoms with van der Waals surface area (Å²) in [5, 5.41) is 4.12. The van der Waals surface area contributed by atoms with E-state index in [9.17, 15) is 4.79 Å². The fraction of sp³-hybridized carbons (Fsp3) is 0.333. The second-order valence-electron chi connectivity index (χ2n) is 5.86. The first-order valence-electron chi connectivity index (χ1n) is 8.11. The van der Waals surface area contributed by atoms with Gasteiger partial charge in [-0.3, -0.25) is 4.79 Å². The van der Waals surface area contributed by atoms with E-state index in [4.69, 9.17) is 23.2 Å². The fourth-order valence-electron chi connectivity index (χ4n) is 2.79. The molecular weight excluding hydrogens is 345 g/mol. The van der Waals surface area contributed by atoms with Gasteiger partial charge in [0, 0.05) is 13.1 Å². The Labute approximate surface area is 151 Å². The zero-order valence-electron chi connectivity index (χ0n) is 13.3. The second-order valence-corrected chi connectivity index (χ2v) is 6.65. The molecule has 0 bridgehead atoms. The van der Waals surface area contributed by atoms with Crippen LogP contribution in [0.4, 0.5) is 11.4 Å². The maximum atomic E-state index is 12.5. The topological polar surface area (TPSA) is 45.2 Å². The van der Waals surface area contributed by atoms with E-state index >= 15 is 0 Å². The first kappa shape index (κ1) is 17.1. The first-order valence-corrected chi connectivity index (χ1v) is 8.87. The molecule has 24 heavy (non-hydrogen) atoms. The lowest BCUT2D eigenvalue weighted by Crippen LogP contribution is -2.32. The summed E-state index contributed by atoms with van der Waals surface area (Å²) in [6.07, 6.45) is 6.17. The summed E-state index contributed by atoms with van der Waals surface area (Å²) >= 11 is 12.2. The summed E-state index contributed by atoms with van der Waals surface area (Å²) in [6, 6.07) is 8.96. The van der Waals surface area contributed by atoms with Crippen molar-refractivity contribution >= 4 is 40.5 Å². The molecule has 6 heteroatoms. The Morgan fingerprint density at radius 1 is 1.04 bits per heavy atom. The predicted molar refractivity (Wildman–Crippen MR) is 98.4 cm³/mol. The van der Waals surface area contributed by atoms with Gasteiger partial charge in [0.2, 0.25) is 0 Å². The Kier molecular flexibility index (Phi) is 5.59. The van der Waals surface area contributed by atoms with Crippen molar-refractivity contribution in [2.75, 3.05) is 18.4 Å². The number of aromatic nitrogens is 1. The van der Waals surface area contributed by atoms with Gasteiger partial charge < -0.3 is 10.2 Å². The van der Waals surface area contributed by atoms with E-state index in [0.29, 0.717) is 21.4 Å². The number of nitrogens with zero attached hydrogens (tertiary/aromatic N) is 2. The molecule has 1 amide bonds. The molecule has 1 aromatic carbocycles. The van der Waals surface area contributed by atoms with Crippen LogP contribution in [0, 0.1) is 0 Å². The normalized spacial score (nSPS) is 15.0. The van der Waals surface area contributed by atoms with Crippen molar-refractivity contribution < 1.29 is 4.79 Å². The number of halogens is 2. The van der Waals surface area contributed by atoms with Crippen molar-refractivity contribution in [3.63, 3.8) is 0 Å². The predicted octanol–water partition coefficient (Wildman–Crippen LogP) is 5.15. The lowest BCUT2D eigenvalue weighted by atomic mass is 10.2. The summed E-state index contributed by atoms with van der Waals surface area (Å²) in [5.41, 5.74) is 1.93. The lowest BCUT2D eigenvalue weighted by Gasteiger charge is -2.19. The van der Waals surface area contributed by atoms with Gasteiger partial charge in [0.15, 0.2) is 0 Å². The smallest absolute Gasteiger partial charge is 0.272 e. The highest BCUT2D eigenvalue weighted by Crippen LogP contribution is 2.31. The number of benzene rings is 1. The molecule has 0 saturated carbocycles. The van der Waals surface area contributed by atoms with Crippen LogP contribution < -0.4 is 5.32 Å². The molecule has 1 N–H and O–H groups in total. The van der Waals surface area contributed by atoms with Gasteiger partial charge in [-0.1, -0.05) is 42.1 Å². The van der Waals surface area contributed by atoms with Crippen molar-refractivity contribution in [2.45, 2.75) is 25.7 Å². The number of nitrogens with one attached hydrogen (secondary N) is 1. The largest absolute Gasteiger partial charge is 0.353 e. The van der Waals surface area contributed by atoms with Crippen molar-refractivity contribution in [3.05, 3.63) is 52.3 Å². The summed E-state index contributed by atoms with van der Waals surface area (Å²) in [6.45, 7) is 1.64. The van der Waals surface area contributed by atoms with Gasteiger partial charge in [-0.2, -0.15) is 0 Å². The van der Waals surface area contributed by atoms with E-state index in [-0.39, 0.29) is 5.91 Å². The van der Waals surface area contributed by atoms with Crippen molar-refractivity contribution in [1.29, 1.82) is 0 Å². The van der Waals surface area contributed by atoms with Crippen LogP contribution in [0.5, 0.6) is 0 Å². The molecule has 1 aliphatic rings. The quantitative estimate of drug-likeness (QED) is 0.819. The minimum Gasteiger partial charge on any atom is -0.353 e. The maximum absolute atomic E-state index is 12.5. The monoisotopic (exact) mass is 363 g/mol. The molecule has 1 fully saturated rings. The van der Waals surface area contributed by atoms with E-state index in [1.807, 2.05) is 23.1 Å². The van der Waals surface area contributed by atoms with Crippen LogP contribution >= 0.6 is 23.2 Å². The van der Waals surface area contributed by atoms with Gasteiger partial charge in [-0.25, -0.2) is 4.98 Å². The first-order chi connectivity index (χ1) is 11.6. The zero-order chi connectivity index (χ0) is 16.9. The third-order valence-electron chi connectivity index (χ3n) is 4.11. The SMILES string of the molecule is O=C(c1ccc(Nc2cccc(Cl)c2Cl)cn1)N1CCCCCC1. The van der Waals surface area contributed by atoms with Crippen molar-refractivity contribution in [1.82, 2.24) is 9.88 Å². The van der Waals surface area contributed by atoms with Crippen LogP contribution in [-0.2, 0) is 0 Å². The van der Waals surface area contributed by atoms with Crippen LogP contribution in [0.25, 0.3) is 0 Å². The Bertz CT molecular complexity index is 711. The molecule has 2 aromatic rings. The third-order valence-corrected chi connectivity index (χ3v) is 4.93. The van der Waals surface area contributed by atoms with Gasteiger partial charge in [-0.05, 0) is 37.1 Å². The molecular formula is C18H19Cl2N3O. The number of likely N-dealkylation sites (tertiary alicyclic amines) is 1. The van der Waals surface area contributed by atoms with Gasteiger partial charge in [0.25, 0.3) is 5.91 Å². The van der Waals surface area contributed by atoms with Gasteiger partial charge in [0.1, 0.15) is 5.69 Å². The average Bonchev–Trinajstić information content (AvgIpc) is 2.88. The minimum atomic E-state index is 0.00392. The maximum Gasteiger partial charge on any atom is 0.272 e. The fourth-order valence-corrected chi connectivity index (χ4v) is 3.13. The minimum absolute atomic E-state index is 0.00392. The molecule has 0 unspecified atom stereocenters. The number of amides is 1. The molecule has 0 radical (unpaired) electrons. The summed E-state index contributed by atoms with van der Waals surface area (Å²) < 4.78 is 0. The molecule has 4 nitrogen and oxygen atoms in total. The molecule has 0 spiro atoms. The Hall–Kier alpha value is -1.78. The Balaban J connectivity index is 1.71. The van der Waals surface area contributed by atoms with Gasteiger partial charge in [0.05, 0.1) is 27.6 Å². The summed E-state index contributed by atoms with van der Waals surface area (Å²) in [5.74, 6) is 0.00392. The number of carbonyl (C=O) groups is 1. The molecule has 0 atom stereocenters. The van der Waals surface area contributed by atoms with E-state index in [1.54, 1.807) is 18.3 Å². The third kappa shape index (κ3) is 4.00. The van der Waals surface area contributed by atoms with E-state index in [2.05, 4.69) is 10.3 Å².